The molecule has 1 aromatic rings. The van der Waals surface area contributed by atoms with Crippen LogP contribution >= 0.6 is 11.6 Å². The van der Waals surface area contributed by atoms with E-state index in [-0.39, 0.29) is 22.5 Å². The number of carbonyl (C=O) groups excluding carboxylic acids is 1. The van der Waals surface area contributed by atoms with Crippen LogP contribution in [0.2, 0.25) is 5.15 Å². The molecule has 1 aliphatic rings. The van der Waals surface area contributed by atoms with E-state index in [2.05, 4.69) is 29.6 Å². The summed E-state index contributed by atoms with van der Waals surface area (Å²) in [6, 6.07) is 3.36. The summed E-state index contributed by atoms with van der Waals surface area (Å²) in [6.07, 6.45) is 4.38. The molecule has 1 atom stereocenters. The smallest absolute Gasteiger partial charge is 0.251 e. The Morgan fingerprint density at radius 2 is 2.25 bits per heavy atom. The van der Waals surface area contributed by atoms with Crippen molar-refractivity contribution < 1.29 is 4.79 Å². The third-order valence-electron chi connectivity index (χ3n) is 3.74. The van der Waals surface area contributed by atoms with Gasteiger partial charge in [-0.2, -0.15) is 0 Å². The molecule has 0 spiro atoms. The Labute approximate surface area is 124 Å². The zero-order chi connectivity index (χ0) is 14.8. The summed E-state index contributed by atoms with van der Waals surface area (Å²) in [5, 5.41) is 3.32. The van der Waals surface area contributed by atoms with Crippen molar-refractivity contribution in [2.24, 2.45) is 11.3 Å². The largest absolute Gasteiger partial charge is 0.349 e. The molecule has 1 heterocycles. The Balaban J connectivity index is 2.06. The summed E-state index contributed by atoms with van der Waals surface area (Å²) in [5.41, 5.74) is 3.17. The molecule has 0 aromatic carbocycles. The number of nitrogens with two attached hydrogens (primary N) is 1. The number of anilines is 1. The third-order valence-corrected chi connectivity index (χ3v) is 3.94. The molecule has 0 aliphatic heterocycles. The lowest BCUT2D eigenvalue weighted by Crippen LogP contribution is -2.40. The number of hydrogen-bond acceptors (Lipinski definition) is 4. The third kappa shape index (κ3) is 3.84. The molecule has 1 saturated carbocycles. The minimum absolute atomic E-state index is 0.131. The van der Waals surface area contributed by atoms with Gasteiger partial charge in [-0.3, -0.25) is 4.79 Å². The van der Waals surface area contributed by atoms with E-state index in [1.165, 1.54) is 6.42 Å². The first-order valence-corrected chi connectivity index (χ1v) is 7.22. The van der Waals surface area contributed by atoms with Crippen molar-refractivity contribution in [2.75, 3.05) is 5.43 Å². The SMILES string of the molecule is CC1(C)CCCC(NC(=O)c2cc(Cl)nc(NN)c2)C1. The predicted octanol–water partition coefficient (Wildman–Crippen LogP) is 2.72. The molecule has 1 aromatic heterocycles. The molecule has 6 heteroatoms. The van der Waals surface area contributed by atoms with Gasteiger partial charge in [-0.1, -0.05) is 31.9 Å². The normalized spacial score (nSPS) is 21.3. The van der Waals surface area contributed by atoms with Gasteiger partial charge in [-0.25, -0.2) is 10.8 Å². The standard InChI is InChI=1S/C14H21ClN4O/c1-14(2)5-3-4-10(8-14)17-13(20)9-6-11(15)18-12(7-9)19-16/h6-7,10H,3-5,8,16H2,1-2H3,(H,17,20)(H,18,19). The molecule has 4 N–H and O–H groups in total. The first-order valence-electron chi connectivity index (χ1n) is 6.85. The van der Waals surface area contributed by atoms with Crippen molar-refractivity contribution in [1.29, 1.82) is 0 Å². The van der Waals surface area contributed by atoms with Crippen LogP contribution in [-0.4, -0.2) is 16.9 Å². The number of pyridine rings is 1. The van der Waals surface area contributed by atoms with E-state index in [1.807, 2.05) is 0 Å². The summed E-state index contributed by atoms with van der Waals surface area (Å²) in [5.74, 6) is 5.55. The Morgan fingerprint density at radius 3 is 2.90 bits per heavy atom. The van der Waals surface area contributed by atoms with E-state index in [9.17, 15) is 4.79 Å². The number of nitrogens with zero attached hydrogens (tertiary/aromatic N) is 1. The quantitative estimate of drug-likeness (QED) is 0.455. The molecular formula is C14H21ClN4O. The van der Waals surface area contributed by atoms with Gasteiger partial charge in [0.2, 0.25) is 0 Å². The van der Waals surface area contributed by atoms with Crippen LogP contribution in [-0.2, 0) is 0 Å². The van der Waals surface area contributed by atoms with Crippen molar-refractivity contribution in [3.63, 3.8) is 0 Å². The number of halogens is 1. The molecule has 0 saturated heterocycles. The maximum Gasteiger partial charge on any atom is 0.251 e. The van der Waals surface area contributed by atoms with Crippen molar-refractivity contribution in [1.82, 2.24) is 10.3 Å². The highest BCUT2D eigenvalue weighted by Crippen LogP contribution is 2.35. The molecule has 110 valence electrons. The second-order valence-corrected chi connectivity index (χ2v) is 6.53. The first kappa shape index (κ1) is 15.1. The highest BCUT2D eigenvalue weighted by molar-refractivity contribution is 6.29. The molecule has 2 rings (SSSR count). The fourth-order valence-corrected chi connectivity index (χ4v) is 3.00. The highest BCUT2D eigenvalue weighted by Gasteiger charge is 2.29. The minimum Gasteiger partial charge on any atom is -0.349 e. The number of hydrogen-bond donors (Lipinski definition) is 3. The number of hydrazine groups is 1. The van der Waals surface area contributed by atoms with E-state index in [0.717, 1.165) is 19.3 Å². The van der Waals surface area contributed by atoms with E-state index in [1.54, 1.807) is 12.1 Å². The van der Waals surface area contributed by atoms with E-state index in [4.69, 9.17) is 17.4 Å². The topological polar surface area (TPSA) is 80.0 Å². The zero-order valence-electron chi connectivity index (χ0n) is 11.9. The van der Waals surface area contributed by atoms with Crippen LogP contribution < -0.4 is 16.6 Å². The minimum atomic E-state index is -0.131. The first-order chi connectivity index (χ1) is 9.39. The van der Waals surface area contributed by atoms with Crippen molar-refractivity contribution >= 4 is 23.3 Å². The summed E-state index contributed by atoms with van der Waals surface area (Å²) in [6.45, 7) is 4.48. The maximum atomic E-state index is 12.3. The number of nitrogen functional groups attached to an aromatic ring is 1. The number of amides is 1. The van der Waals surface area contributed by atoms with Gasteiger partial charge in [0.1, 0.15) is 11.0 Å². The summed E-state index contributed by atoms with van der Waals surface area (Å²) in [4.78, 5) is 16.2. The van der Waals surface area contributed by atoms with Crippen LogP contribution in [0.1, 0.15) is 49.9 Å². The maximum absolute atomic E-state index is 12.3. The summed E-state index contributed by atoms with van der Waals surface area (Å²) < 4.78 is 0. The Hall–Kier alpha value is -1.33. The van der Waals surface area contributed by atoms with Crippen LogP contribution in [0.4, 0.5) is 5.82 Å². The van der Waals surface area contributed by atoms with E-state index < -0.39 is 0 Å². The lowest BCUT2D eigenvalue weighted by Gasteiger charge is -2.35. The van der Waals surface area contributed by atoms with Gasteiger partial charge < -0.3 is 10.7 Å². The second-order valence-electron chi connectivity index (χ2n) is 6.14. The van der Waals surface area contributed by atoms with Gasteiger partial charge in [0, 0.05) is 11.6 Å². The van der Waals surface area contributed by atoms with Crippen LogP contribution in [0, 0.1) is 5.41 Å². The van der Waals surface area contributed by atoms with Gasteiger partial charge >= 0.3 is 0 Å². The number of rotatable bonds is 3. The number of aromatic nitrogens is 1. The molecule has 1 fully saturated rings. The molecular weight excluding hydrogens is 276 g/mol. The van der Waals surface area contributed by atoms with Gasteiger partial charge in [0.25, 0.3) is 5.91 Å². The lowest BCUT2D eigenvalue weighted by molar-refractivity contribution is 0.0902. The monoisotopic (exact) mass is 296 g/mol. The van der Waals surface area contributed by atoms with Gasteiger partial charge in [0.15, 0.2) is 0 Å². The fourth-order valence-electron chi connectivity index (χ4n) is 2.79. The molecule has 1 aliphatic carbocycles. The fraction of sp³-hybridized carbons (Fsp3) is 0.571. The summed E-state index contributed by atoms with van der Waals surface area (Å²) >= 11 is 5.87. The number of carbonyl (C=O) groups is 1. The van der Waals surface area contributed by atoms with Gasteiger partial charge in [-0.05, 0) is 36.8 Å². The molecule has 0 radical (unpaired) electrons. The Kier molecular flexibility index (Phi) is 4.50. The van der Waals surface area contributed by atoms with Gasteiger partial charge in [0.05, 0.1) is 0 Å². The van der Waals surface area contributed by atoms with Crippen LogP contribution in [0.15, 0.2) is 12.1 Å². The highest BCUT2D eigenvalue weighted by atomic mass is 35.5. The molecule has 5 nitrogen and oxygen atoms in total. The summed E-state index contributed by atoms with van der Waals surface area (Å²) in [7, 11) is 0. The Morgan fingerprint density at radius 1 is 1.50 bits per heavy atom. The molecule has 1 amide bonds. The Bertz CT molecular complexity index is 504. The van der Waals surface area contributed by atoms with Crippen LogP contribution in [0.5, 0.6) is 0 Å². The van der Waals surface area contributed by atoms with Crippen molar-refractivity contribution in [3.05, 3.63) is 22.8 Å². The van der Waals surface area contributed by atoms with E-state index >= 15 is 0 Å². The van der Waals surface area contributed by atoms with Crippen molar-refractivity contribution in [3.8, 4) is 0 Å². The van der Waals surface area contributed by atoms with Crippen LogP contribution in [0.3, 0.4) is 0 Å². The average Bonchev–Trinajstić information content (AvgIpc) is 2.36. The zero-order valence-corrected chi connectivity index (χ0v) is 12.6. The number of nitrogens with one attached hydrogen (secondary N) is 2. The second kappa shape index (κ2) is 5.97. The van der Waals surface area contributed by atoms with Gasteiger partial charge in [-0.15, -0.1) is 0 Å². The molecule has 0 bridgehead atoms. The predicted molar refractivity (Wildman–Crippen MR) is 80.6 cm³/mol. The lowest BCUT2D eigenvalue weighted by atomic mass is 9.75. The average molecular weight is 297 g/mol. The van der Waals surface area contributed by atoms with E-state index in [0.29, 0.717) is 11.4 Å². The molecule has 1 unspecified atom stereocenters. The van der Waals surface area contributed by atoms with Crippen molar-refractivity contribution in [2.45, 2.75) is 45.6 Å². The van der Waals surface area contributed by atoms with Crippen LogP contribution in [0.25, 0.3) is 0 Å². The molecule has 20 heavy (non-hydrogen) atoms.